The molecule has 3 N–H and O–H groups in total. The largest absolute Gasteiger partial charge is 0.383 e. The number of methoxy groups -OCH3 is 1. The van der Waals surface area contributed by atoms with Crippen molar-refractivity contribution in [2.45, 2.75) is 18.7 Å². The number of ether oxygens (including phenoxy) is 1. The predicted octanol–water partition coefficient (Wildman–Crippen LogP) is 1.09. The third-order valence-electron chi connectivity index (χ3n) is 2.95. The van der Waals surface area contributed by atoms with Gasteiger partial charge in [-0.05, 0) is 26.0 Å². The Balaban J connectivity index is 0.00000529. The summed E-state index contributed by atoms with van der Waals surface area (Å²) < 4.78 is 31.7. The van der Waals surface area contributed by atoms with Crippen LogP contribution in [0.1, 0.15) is 12.5 Å². The molecule has 0 spiro atoms. The summed E-state index contributed by atoms with van der Waals surface area (Å²) in [6.07, 6.45) is 0. The summed E-state index contributed by atoms with van der Waals surface area (Å²) in [4.78, 5) is 4.57. The van der Waals surface area contributed by atoms with E-state index in [4.69, 9.17) is 4.74 Å². The molecule has 1 aromatic rings. The third kappa shape index (κ3) is 8.81. The van der Waals surface area contributed by atoms with Crippen LogP contribution in [0.15, 0.2) is 34.2 Å². The van der Waals surface area contributed by atoms with Gasteiger partial charge in [0.25, 0.3) is 0 Å². The second-order valence-electron chi connectivity index (χ2n) is 4.89. The highest BCUT2D eigenvalue weighted by Gasteiger charge is 2.12. The minimum Gasteiger partial charge on any atom is -0.383 e. The quantitative estimate of drug-likeness (QED) is 0.218. The molecule has 0 unspecified atom stereocenters. The predicted molar refractivity (Wildman–Crippen MR) is 108 cm³/mol. The first-order valence-electron chi connectivity index (χ1n) is 7.57. The number of hydrogen-bond donors (Lipinski definition) is 3. The number of nitrogens with zero attached hydrogens (tertiary/aromatic N) is 1. The van der Waals surface area contributed by atoms with Crippen molar-refractivity contribution in [3.63, 3.8) is 0 Å². The molecule has 7 nitrogen and oxygen atoms in total. The summed E-state index contributed by atoms with van der Waals surface area (Å²) in [5.41, 5.74) is 1.02. The molecule has 24 heavy (non-hydrogen) atoms. The van der Waals surface area contributed by atoms with Gasteiger partial charge in [-0.15, -0.1) is 24.0 Å². The lowest BCUT2D eigenvalue weighted by atomic mass is 10.2. The number of hydrogen-bond acceptors (Lipinski definition) is 4. The van der Waals surface area contributed by atoms with Gasteiger partial charge in [0, 0.05) is 26.7 Å². The van der Waals surface area contributed by atoms with E-state index >= 15 is 0 Å². The fraction of sp³-hybridized carbons (Fsp3) is 0.533. The molecule has 0 fully saturated rings. The summed E-state index contributed by atoms with van der Waals surface area (Å²) in [7, 11) is -1.86. The van der Waals surface area contributed by atoms with Gasteiger partial charge in [0.1, 0.15) is 0 Å². The first-order chi connectivity index (χ1) is 11.0. The lowest BCUT2D eigenvalue weighted by Crippen LogP contribution is -2.39. The molecule has 0 radical (unpaired) electrons. The van der Waals surface area contributed by atoms with Crippen LogP contribution in [0.25, 0.3) is 0 Å². The SMILES string of the molecule is CCNC(=NCCNS(=O)(=O)c1ccc(C)cc1)NCCOC.I. The average Bonchev–Trinajstić information content (AvgIpc) is 2.52. The van der Waals surface area contributed by atoms with Gasteiger partial charge in [0.15, 0.2) is 5.96 Å². The van der Waals surface area contributed by atoms with Crippen molar-refractivity contribution in [3.8, 4) is 0 Å². The first-order valence-corrected chi connectivity index (χ1v) is 9.05. The van der Waals surface area contributed by atoms with Crippen molar-refractivity contribution in [2.24, 2.45) is 4.99 Å². The monoisotopic (exact) mass is 470 g/mol. The molecule has 1 aromatic carbocycles. The smallest absolute Gasteiger partial charge is 0.240 e. The Morgan fingerprint density at radius 3 is 2.42 bits per heavy atom. The van der Waals surface area contributed by atoms with Crippen LogP contribution in [0.2, 0.25) is 0 Å². The fourth-order valence-electron chi connectivity index (χ4n) is 1.76. The van der Waals surface area contributed by atoms with Gasteiger partial charge < -0.3 is 15.4 Å². The normalized spacial score (nSPS) is 11.7. The maximum atomic E-state index is 12.1. The summed E-state index contributed by atoms with van der Waals surface area (Å²) >= 11 is 0. The van der Waals surface area contributed by atoms with Gasteiger partial charge in [0.2, 0.25) is 10.0 Å². The van der Waals surface area contributed by atoms with Crippen LogP contribution in [0.3, 0.4) is 0 Å². The molecule has 0 aliphatic heterocycles. The van der Waals surface area contributed by atoms with Crippen molar-refractivity contribution in [3.05, 3.63) is 29.8 Å². The lowest BCUT2D eigenvalue weighted by Gasteiger charge is -2.11. The average molecular weight is 470 g/mol. The molecule has 0 saturated heterocycles. The Labute approximate surface area is 161 Å². The van der Waals surface area contributed by atoms with Gasteiger partial charge in [-0.25, -0.2) is 13.1 Å². The van der Waals surface area contributed by atoms with E-state index in [-0.39, 0.29) is 35.4 Å². The van der Waals surface area contributed by atoms with E-state index in [1.54, 1.807) is 31.4 Å². The number of benzene rings is 1. The number of halogens is 1. The van der Waals surface area contributed by atoms with E-state index < -0.39 is 10.0 Å². The van der Waals surface area contributed by atoms with Gasteiger partial charge in [-0.1, -0.05) is 17.7 Å². The highest BCUT2D eigenvalue weighted by molar-refractivity contribution is 14.0. The molecular formula is C15H27IN4O3S. The van der Waals surface area contributed by atoms with Gasteiger partial charge in [-0.3, -0.25) is 4.99 Å². The Kier molecular flexibility index (Phi) is 12.0. The summed E-state index contributed by atoms with van der Waals surface area (Å²) in [6, 6.07) is 6.74. The molecular weight excluding hydrogens is 443 g/mol. The van der Waals surface area contributed by atoms with Gasteiger partial charge in [-0.2, -0.15) is 0 Å². The minimum atomic E-state index is -3.49. The highest BCUT2D eigenvalue weighted by Crippen LogP contribution is 2.09. The zero-order valence-electron chi connectivity index (χ0n) is 14.3. The van der Waals surface area contributed by atoms with Crippen LogP contribution in [0.5, 0.6) is 0 Å². The fourth-order valence-corrected chi connectivity index (χ4v) is 2.78. The van der Waals surface area contributed by atoms with Crippen LogP contribution in [-0.4, -0.2) is 54.3 Å². The van der Waals surface area contributed by atoms with E-state index in [9.17, 15) is 8.42 Å². The first kappa shape index (κ1) is 23.1. The minimum absolute atomic E-state index is 0. The van der Waals surface area contributed by atoms with Crippen LogP contribution in [0.4, 0.5) is 0 Å². The van der Waals surface area contributed by atoms with Crippen LogP contribution < -0.4 is 15.4 Å². The molecule has 0 amide bonds. The number of aryl methyl sites for hydroxylation is 1. The lowest BCUT2D eigenvalue weighted by molar-refractivity contribution is 0.203. The number of guanidine groups is 1. The Bertz CT molecular complexity index is 591. The van der Waals surface area contributed by atoms with Crippen molar-refractivity contribution in [2.75, 3.05) is 39.9 Å². The number of sulfonamides is 1. The van der Waals surface area contributed by atoms with E-state index in [0.717, 1.165) is 12.1 Å². The molecule has 0 aliphatic carbocycles. The zero-order valence-corrected chi connectivity index (χ0v) is 17.5. The second-order valence-corrected chi connectivity index (χ2v) is 6.66. The van der Waals surface area contributed by atoms with Crippen molar-refractivity contribution >= 4 is 40.0 Å². The van der Waals surface area contributed by atoms with Gasteiger partial charge in [0.05, 0.1) is 18.0 Å². The molecule has 9 heteroatoms. The van der Waals surface area contributed by atoms with Crippen LogP contribution in [0, 0.1) is 6.92 Å². The topological polar surface area (TPSA) is 91.8 Å². The number of rotatable bonds is 9. The molecule has 138 valence electrons. The third-order valence-corrected chi connectivity index (χ3v) is 4.42. The molecule has 0 bridgehead atoms. The summed E-state index contributed by atoms with van der Waals surface area (Å²) in [5.74, 6) is 0.638. The number of nitrogens with one attached hydrogen (secondary N) is 3. The van der Waals surface area contributed by atoms with Crippen molar-refractivity contribution < 1.29 is 13.2 Å². The number of aliphatic imine (C=N–C) groups is 1. The molecule has 0 aromatic heterocycles. The van der Waals surface area contributed by atoms with E-state index in [1.807, 2.05) is 13.8 Å². The molecule has 0 atom stereocenters. The Morgan fingerprint density at radius 2 is 1.83 bits per heavy atom. The van der Waals surface area contributed by atoms with E-state index in [1.165, 1.54) is 0 Å². The molecule has 1 rings (SSSR count). The highest BCUT2D eigenvalue weighted by atomic mass is 127. The van der Waals surface area contributed by atoms with E-state index in [0.29, 0.717) is 25.7 Å². The Hall–Kier alpha value is -0.910. The van der Waals surface area contributed by atoms with Crippen molar-refractivity contribution in [1.82, 2.24) is 15.4 Å². The molecule has 0 heterocycles. The summed E-state index contributed by atoms with van der Waals surface area (Å²) in [6.45, 7) is 6.39. The maximum Gasteiger partial charge on any atom is 0.240 e. The maximum absolute atomic E-state index is 12.1. The molecule has 0 saturated carbocycles. The van der Waals surface area contributed by atoms with Crippen LogP contribution >= 0.6 is 24.0 Å². The van der Waals surface area contributed by atoms with Crippen LogP contribution in [-0.2, 0) is 14.8 Å². The van der Waals surface area contributed by atoms with Gasteiger partial charge >= 0.3 is 0 Å². The van der Waals surface area contributed by atoms with E-state index in [2.05, 4.69) is 20.3 Å². The Morgan fingerprint density at radius 1 is 1.17 bits per heavy atom. The zero-order chi connectivity index (χ0) is 17.1. The molecule has 0 aliphatic rings. The second kappa shape index (κ2) is 12.5. The summed E-state index contributed by atoms with van der Waals surface area (Å²) in [5, 5.41) is 6.18. The van der Waals surface area contributed by atoms with Crippen molar-refractivity contribution in [1.29, 1.82) is 0 Å². The standard InChI is InChI=1S/C15H26N4O3S.HI/c1-4-16-15(18-11-12-22-3)17-9-10-19-23(20,21)14-7-5-13(2)6-8-14;/h5-8,19H,4,9-12H2,1-3H3,(H2,16,17,18);1H.